The number of sulfone groups is 1. The first-order chi connectivity index (χ1) is 19.3. The Morgan fingerprint density at radius 2 is 1.62 bits per heavy atom. The molecule has 3 heterocycles. The van der Waals surface area contributed by atoms with Crippen LogP contribution in [0.3, 0.4) is 0 Å². The first kappa shape index (κ1) is 28.0. The van der Waals surface area contributed by atoms with Crippen molar-refractivity contribution in [3.8, 4) is 0 Å². The number of para-hydroxylation sites is 1. The number of amides is 2. The minimum atomic E-state index is -3.68. The van der Waals surface area contributed by atoms with Crippen molar-refractivity contribution in [3.05, 3.63) is 95.8 Å². The van der Waals surface area contributed by atoms with Crippen molar-refractivity contribution in [2.75, 3.05) is 23.7 Å². The lowest BCUT2D eigenvalue weighted by Gasteiger charge is -2.33. The van der Waals surface area contributed by atoms with Gasteiger partial charge in [0.15, 0.2) is 9.84 Å². The Morgan fingerprint density at radius 3 is 2.38 bits per heavy atom. The minimum absolute atomic E-state index is 0.0548. The zero-order valence-corrected chi connectivity index (χ0v) is 23.7. The number of fused-ring (bicyclic) bond motifs is 3. The van der Waals surface area contributed by atoms with Crippen LogP contribution >= 0.6 is 0 Å². The molecule has 0 aliphatic carbocycles. The Balaban J connectivity index is 1.46. The van der Waals surface area contributed by atoms with Crippen LogP contribution in [0.25, 0.3) is 0 Å². The van der Waals surface area contributed by atoms with Crippen LogP contribution in [-0.4, -0.2) is 65.9 Å². The van der Waals surface area contributed by atoms with Gasteiger partial charge in [0, 0.05) is 57.1 Å². The highest BCUT2D eigenvalue weighted by Gasteiger charge is 2.37. The monoisotopic (exact) mass is 560 g/mol. The number of anilines is 1. The molecule has 40 heavy (non-hydrogen) atoms. The van der Waals surface area contributed by atoms with Crippen molar-refractivity contribution < 1.29 is 18.0 Å². The van der Waals surface area contributed by atoms with Crippen LogP contribution < -0.4 is 4.90 Å². The molecule has 5 rings (SSSR count). The SMILES string of the molecule is CC(=O)N1CC[C@@H]2CC[C@H](CN(C(=O)CS(=O)(=O)Cc3ccccc3)Cc3ccccc31)N2Cc1ccccn1. The third kappa shape index (κ3) is 6.77. The fourth-order valence-electron chi connectivity index (χ4n) is 5.96. The number of benzene rings is 2. The molecule has 2 aliphatic rings. The Kier molecular flexibility index (Phi) is 8.61. The molecular formula is C31H36N4O4S. The summed E-state index contributed by atoms with van der Waals surface area (Å²) >= 11 is 0. The first-order valence-corrected chi connectivity index (χ1v) is 15.6. The molecule has 8 nitrogen and oxygen atoms in total. The molecule has 0 N–H and O–H groups in total. The van der Waals surface area contributed by atoms with Gasteiger partial charge in [0.05, 0.1) is 11.4 Å². The average Bonchev–Trinajstić information content (AvgIpc) is 3.28. The second kappa shape index (κ2) is 12.3. The first-order valence-electron chi connectivity index (χ1n) is 13.8. The third-order valence-corrected chi connectivity index (χ3v) is 9.37. The highest BCUT2D eigenvalue weighted by Crippen LogP contribution is 2.32. The maximum atomic E-state index is 13.8. The zero-order valence-electron chi connectivity index (χ0n) is 22.9. The molecule has 2 amide bonds. The number of nitrogens with zero attached hydrogens (tertiary/aromatic N) is 4. The van der Waals surface area contributed by atoms with Crippen LogP contribution in [0.4, 0.5) is 5.69 Å². The van der Waals surface area contributed by atoms with Gasteiger partial charge in [-0.05, 0) is 48.6 Å². The van der Waals surface area contributed by atoms with Crippen molar-refractivity contribution in [3.63, 3.8) is 0 Å². The molecule has 2 atom stereocenters. The lowest BCUT2D eigenvalue weighted by Crippen LogP contribution is -2.46. The second-order valence-electron chi connectivity index (χ2n) is 10.8. The molecule has 0 spiro atoms. The summed E-state index contributed by atoms with van der Waals surface area (Å²) in [5.41, 5.74) is 3.22. The quantitative estimate of drug-likeness (QED) is 0.455. The highest BCUT2D eigenvalue weighted by atomic mass is 32.2. The molecule has 0 unspecified atom stereocenters. The van der Waals surface area contributed by atoms with Gasteiger partial charge in [0.25, 0.3) is 0 Å². The summed E-state index contributed by atoms with van der Waals surface area (Å²) in [6, 6.07) is 22.7. The molecule has 2 aliphatic heterocycles. The van der Waals surface area contributed by atoms with Crippen molar-refractivity contribution in [1.29, 1.82) is 0 Å². The molecule has 9 heteroatoms. The minimum Gasteiger partial charge on any atom is -0.336 e. The van der Waals surface area contributed by atoms with E-state index in [1.807, 2.05) is 48.5 Å². The normalized spacial score (nSPS) is 20.0. The number of carbonyl (C=O) groups excluding carboxylic acids is 2. The van der Waals surface area contributed by atoms with Gasteiger partial charge in [-0.2, -0.15) is 0 Å². The predicted octanol–water partition coefficient (Wildman–Crippen LogP) is 3.82. The number of carbonyl (C=O) groups is 2. The van der Waals surface area contributed by atoms with Gasteiger partial charge in [-0.15, -0.1) is 0 Å². The number of pyridine rings is 1. The van der Waals surface area contributed by atoms with E-state index in [-0.39, 0.29) is 30.3 Å². The van der Waals surface area contributed by atoms with Gasteiger partial charge in [0.2, 0.25) is 11.8 Å². The second-order valence-corrected chi connectivity index (χ2v) is 12.8. The Hall–Kier alpha value is -3.56. The van der Waals surface area contributed by atoms with E-state index in [9.17, 15) is 18.0 Å². The highest BCUT2D eigenvalue weighted by molar-refractivity contribution is 7.91. The zero-order chi connectivity index (χ0) is 28.1. The van der Waals surface area contributed by atoms with Crippen molar-refractivity contribution in [2.45, 2.75) is 57.1 Å². The molecule has 1 fully saturated rings. The number of rotatable bonds is 6. The predicted molar refractivity (Wildman–Crippen MR) is 155 cm³/mol. The molecule has 3 aromatic rings. The summed E-state index contributed by atoms with van der Waals surface area (Å²) in [4.78, 5) is 37.0. The summed E-state index contributed by atoms with van der Waals surface area (Å²) in [6.45, 7) is 3.42. The number of hydrogen-bond acceptors (Lipinski definition) is 6. The van der Waals surface area contributed by atoms with Crippen LogP contribution in [0.2, 0.25) is 0 Å². The van der Waals surface area contributed by atoms with Crippen molar-refractivity contribution >= 4 is 27.3 Å². The molecule has 0 saturated carbocycles. The molecule has 2 aromatic carbocycles. The summed E-state index contributed by atoms with van der Waals surface area (Å²) in [7, 11) is -3.68. The van der Waals surface area contributed by atoms with Crippen LogP contribution in [0.1, 0.15) is 43.0 Å². The molecule has 210 valence electrons. The van der Waals surface area contributed by atoms with Gasteiger partial charge in [-0.25, -0.2) is 8.42 Å². The van der Waals surface area contributed by atoms with Gasteiger partial charge in [-0.1, -0.05) is 54.6 Å². The van der Waals surface area contributed by atoms with Crippen LogP contribution in [0, 0.1) is 0 Å². The summed E-state index contributed by atoms with van der Waals surface area (Å²) in [6.07, 6.45) is 4.42. The van der Waals surface area contributed by atoms with E-state index in [1.54, 1.807) is 47.2 Å². The van der Waals surface area contributed by atoms with E-state index in [4.69, 9.17) is 0 Å². The maximum absolute atomic E-state index is 13.8. The Labute approximate surface area is 236 Å². The fourth-order valence-corrected chi connectivity index (χ4v) is 7.33. The van der Waals surface area contributed by atoms with E-state index in [2.05, 4.69) is 9.88 Å². The Morgan fingerprint density at radius 1 is 0.900 bits per heavy atom. The summed E-state index contributed by atoms with van der Waals surface area (Å²) in [5.74, 6) is -1.21. The third-order valence-electron chi connectivity index (χ3n) is 7.91. The molecular weight excluding hydrogens is 524 g/mol. The van der Waals surface area contributed by atoms with E-state index in [0.717, 1.165) is 36.2 Å². The van der Waals surface area contributed by atoms with Gasteiger partial charge >= 0.3 is 0 Å². The molecule has 0 radical (unpaired) electrons. The van der Waals surface area contributed by atoms with E-state index < -0.39 is 21.5 Å². The summed E-state index contributed by atoms with van der Waals surface area (Å²) in [5, 5.41) is 0. The van der Waals surface area contributed by atoms with E-state index in [1.165, 1.54) is 0 Å². The van der Waals surface area contributed by atoms with E-state index in [0.29, 0.717) is 25.2 Å². The molecule has 1 aromatic heterocycles. The smallest absolute Gasteiger partial charge is 0.238 e. The molecule has 1 saturated heterocycles. The van der Waals surface area contributed by atoms with Crippen LogP contribution in [0.5, 0.6) is 0 Å². The van der Waals surface area contributed by atoms with Crippen molar-refractivity contribution in [1.82, 2.24) is 14.8 Å². The standard InChI is InChI=1S/C31H36N4O4S/c1-24(36)34-18-16-28-14-15-29(35(28)20-27-12-7-8-17-32-27)21-33(19-26-11-5-6-13-30(26)34)31(37)23-40(38,39)22-25-9-3-2-4-10-25/h2-13,17,28-29H,14-16,18-23H2,1H3/t28-,29+/m0/s1. The number of hydrogen-bond donors (Lipinski definition) is 0. The molecule has 2 bridgehead atoms. The topological polar surface area (TPSA) is 90.9 Å². The summed E-state index contributed by atoms with van der Waals surface area (Å²) < 4.78 is 26.2. The van der Waals surface area contributed by atoms with Crippen LogP contribution in [-0.2, 0) is 38.3 Å². The number of aromatic nitrogens is 1. The van der Waals surface area contributed by atoms with Gasteiger partial charge < -0.3 is 9.80 Å². The van der Waals surface area contributed by atoms with Crippen LogP contribution in [0.15, 0.2) is 79.0 Å². The van der Waals surface area contributed by atoms with Gasteiger partial charge in [-0.3, -0.25) is 19.5 Å². The maximum Gasteiger partial charge on any atom is 0.238 e. The van der Waals surface area contributed by atoms with Crippen molar-refractivity contribution in [2.24, 2.45) is 0 Å². The lowest BCUT2D eigenvalue weighted by atomic mass is 10.1. The van der Waals surface area contributed by atoms with E-state index >= 15 is 0 Å². The fraction of sp³-hybridized carbons (Fsp3) is 0.387. The largest absolute Gasteiger partial charge is 0.336 e. The lowest BCUT2D eigenvalue weighted by molar-refractivity contribution is -0.130. The average molecular weight is 561 g/mol. The Bertz CT molecular complexity index is 1430. The van der Waals surface area contributed by atoms with Gasteiger partial charge in [0.1, 0.15) is 5.75 Å².